The molecule has 6 nitrogen and oxygen atoms in total. The van der Waals surface area contributed by atoms with E-state index in [0.29, 0.717) is 29.8 Å². The summed E-state index contributed by atoms with van der Waals surface area (Å²) in [5.41, 5.74) is 0.443. The van der Waals surface area contributed by atoms with Gasteiger partial charge in [-0.1, -0.05) is 15.9 Å². The van der Waals surface area contributed by atoms with Crippen molar-refractivity contribution < 1.29 is 9.69 Å². The van der Waals surface area contributed by atoms with Crippen LogP contribution in [0, 0.1) is 0 Å². The van der Waals surface area contributed by atoms with Gasteiger partial charge in [-0.3, -0.25) is 9.59 Å². The van der Waals surface area contributed by atoms with Crippen LogP contribution >= 0.6 is 31.9 Å². The van der Waals surface area contributed by atoms with Gasteiger partial charge < -0.3 is 15.2 Å². The summed E-state index contributed by atoms with van der Waals surface area (Å²) >= 11 is 6.83. The average Bonchev–Trinajstić information content (AvgIpc) is 2.47. The second kappa shape index (κ2) is 8.22. The highest BCUT2D eigenvalue weighted by Gasteiger charge is 2.16. The number of aromatic amines is 1. The summed E-state index contributed by atoms with van der Waals surface area (Å²) in [6, 6.07) is 3.72. The molecule has 3 N–H and O–H groups in total. The second-order valence-corrected chi connectivity index (χ2v) is 7.75. The number of hydrogen-bond acceptors (Lipinski definition) is 3. The lowest BCUT2D eigenvalue weighted by Crippen LogP contribution is -3.11. The summed E-state index contributed by atoms with van der Waals surface area (Å²) in [5, 5.41) is 3.41. The van der Waals surface area contributed by atoms with Crippen molar-refractivity contribution in [2.45, 2.75) is 33.4 Å². The van der Waals surface area contributed by atoms with Crippen LogP contribution < -0.4 is 15.8 Å². The lowest BCUT2D eigenvalue weighted by molar-refractivity contribution is -0.904. The minimum absolute atomic E-state index is 0.00454. The predicted molar refractivity (Wildman–Crippen MR) is 101 cm³/mol. The van der Waals surface area contributed by atoms with Crippen LogP contribution in [0.5, 0.6) is 0 Å². The first-order valence-electron chi connectivity index (χ1n) is 7.81. The first kappa shape index (κ1) is 19.1. The van der Waals surface area contributed by atoms with Gasteiger partial charge >= 0.3 is 0 Å². The maximum atomic E-state index is 12.3. The quantitative estimate of drug-likeness (QED) is 0.609. The molecule has 0 fully saturated rings. The molecule has 0 saturated heterocycles. The Kier molecular flexibility index (Phi) is 6.54. The van der Waals surface area contributed by atoms with Gasteiger partial charge in [0.1, 0.15) is 6.54 Å². The van der Waals surface area contributed by atoms with Crippen LogP contribution in [0.2, 0.25) is 0 Å². The van der Waals surface area contributed by atoms with Crippen LogP contribution in [0.1, 0.15) is 26.6 Å². The maximum absolute atomic E-state index is 12.3. The molecule has 1 aromatic carbocycles. The smallest absolute Gasteiger partial charge is 0.275 e. The molecule has 0 radical (unpaired) electrons. The van der Waals surface area contributed by atoms with Gasteiger partial charge in [-0.2, -0.15) is 0 Å². The van der Waals surface area contributed by atoms with Crippen molar-refractivity contribution in [2.75, 3.05) is 13.1 Å². The summed E-state index contributed by atoms with van der Waals surface area (Å²) in [6.45, 7) is 7.45. The highest BCUT2D eigenvalue weighted by Crippen LogP contribution is 2.24. The molecule has 1 aromatic heterocycles. The van der Waals surface area contributed by atoms with Crippen molar-refractivity contribution >= 4 is 48.7 Å². The fraction of sp³-hybridized carbons (Fsp3) is 0.438. The zero-order chi connectivity index (χ0) is 17.9. The number of hydrogen-bond donors (Lipinski definition) is 3. The molecule has 2 aromatic rings. The molecule has 1 amide bonds. The largest absolute Gasteiger partial charge is 0.349 e. The van der Waals surface area contributed by atoms with Crippen LogP contribution in [0.25, 0.3) is 10.9 Å². The van der Waals surface area contributed by atoms with Gasteiger partial charge in [0, 0.05) is 15.0 Å². The third-order valence-corrected chi connectivity index (χ3v) is 4.62. The number of amides is 1. The van der Waals surface area contributed by atoms with Crippen molar-refractivity contribution in [3.63, 3.8) is 0 Å². The lowest BCUT2D eigenvalue weighted by Gasteiger charge is -2.18. The molecule has 1 atom stereocenters. The number of H-pyrrole nitrogens is 1. The van der Waals surface area contributed by atoms with Crippen LogP contribution in [0.15, 0.2) is 25.9 Å². The van der Waals surface area contributed by atoms with E-state index >= 15 is 0 Å². The Morgan fingerprint density at radius 2 is 2.08 bits per heavy atom. The van der Waals surface area contributed by atoms with Crippen molar-refractivity contribution in [1.29, 1.82) is 0 Å². The zero-order valence-corrected chi connectivity index (χ0v) is 17.0. The number of nitrogens with zero attached hydrogens (tertiary/aromatic N) is 1. The highest BCUT2D eigenvalue weighted by atomic mass is 79.9. The minimum Gasteiger partial charge on any atom is -0.349 e. The molecule has 0 spiro atoms. The number of carbonyl (C=O) groups is 1. The van der Waals surface area contributed by atoms with Gasteiger partial charge in [0.2, 0.25) is 0 Å². The number of carbonyl (C=O) groups excluding carboxylic acids is 1. The molecule has 0 saturated carbocycles. The Labute approximate surface area is 157 Å². The number of halogens is 2. The van der Waals surface area contributed by atoms with E-state index in [-0.39, 0.29) is 17.5 Å². The molecule has 8 heteroatoms. The van der Waals surface area contributed by atoms with Crippen molar-refractivity contribution in [2.24, 2.45) is 0 Å². The third-order valence-electron chi connectivity index (χ3n) is 3.56. The molecule has 1 unspecified atom stereocenters. The fourth-order valence-corrected chi connectivity index (χ4v) is 3.76. The van der Waals surface area contributed by atoms with Gasteiger partial charge in [0.25, 0.3) is 11.5 Å². The molecular formula is C16H21Br2N4O2+. The molecule has 130 valence electrons. The molecule has 0 bridgehead atoms. The molecular weight excluding hydrogens is 440 g/mol. The Balaban J connectivity index is 2.25. The number of quaternary nitrogens is 1. The SMILES string of the molecule is CC[NH+](CC(=O)NC(C)C)Cc1nc2c(Br)cc(Br)cc2c(=O)[nH]1. The summed E-state index contributed by atoms with van der Waals surface area (Å²) in [7, 11) is 0. The Bertz CT molecular complexity index is 804. The van der Waals surface area contributed by atoms with Crippen molar-refractivity contribution in [1.82, 2.24) is 15.3 Å². The topological polar surface area (TPSA) is 79.3 Å². The lowest BCUT2D eigenvalue weighted by atomic mass is 10.2. The molecule has 0 aliphatic heterocycles. The number of rotatable bonds is 6. The van der Waals surface area contributed by atoms with Crippen LogP contribution in [0.4, 0.5) is 0 Å². The van der Waals surface area contributed by atoms with E-state index < -0.39 is 0 Å². The summed E-state index contributed by atoms with van der Waals surface area (Å²) in [5.74, 6) is 0.569. The van der Waals surface area contributed by atoms with E-state index in [0.717, 1.165) is 20.4 Å². The van der Waals surface area contributed by atoms with Crippen molar-refractivity contribution in [3.05, 3.63) is 37.3 Å². The monoisotopic (exact) mass is 459 g/mol. The zero-order valence-electron chi connectivity index (χ0n) is 13.9. The summed E-state index contributed by atoms with van der Waals surface area (Å²) < 4.78 is 1.57. The second-order valence-electron chi connectivity index (χ2n) is 5.98. The summed E-state index contributed by atoms with van der Waals surface area (Å²) in [6.07, 6.45) is 0. The third kappa shape index (κ3) is 4.87. The van der Waals surface area contributed by atoms with Crippen molar-refractivity contribution in [3.8, 4) is 0 Å². The predicted octanol–water partition coefficient (Wildman–Crippen LogP) is 1.38. The first-order valence-corrected chi connectivity index (χ1v) is 9.39. The molecule has 2 rings (SSSR count). The van der Waals surface area contributed by atoms with E-state index in [4.69, 9.17) is 0 Å². The number of aromatic nitrogens is 2. The molecule has 24 heavy (non-hydrogen) atoms. The van der Waals surface area contributed by atoms with Gasteiger partial charge in [0.05, 0.1) is 17.4 Å². The molecule has 0 aliphatic carbocycles. The van der Waals surface area contributed by atoms with Gasteiger partial charge in [-0.05, 0) is 48.8 Å². The molecule has 0 aliphatic rings. The van der Waals surface area contributed by atoms with E-state index in [1.807, 2.05) is 26.8 Å². The minimum atomic E-state index is -0.181. The fourth-order valence-electron chi connectivity index (χ4n) is 2.45. The summed E-state index contributed by atoms with van der Waals surface area (Å²) in [4.78, 5) is 32.7. The number of benzene rings is 1. The Morgan fingerprint density at radius 3 is 2.71 bits per heavy atom. The van der Waals surface area contributed by atoms with Crippen LogP contribution in [-0.2, 0) is 11.3 Å². The molecule has 1 heterocycles. The van der Waals surface area contributed by atoms with Gasteiger partial charge in [0.15, 0.2) is 12.4 Å². The maximum Gasteiger partial charge on any atom is 0.275 e. The van der Waals surface area contributed by atoms with Crippen LogP contribution in [-0.4, -0.2) is 35.0 Å². The number of likely N-dealkylation sites (N-methyl/N-ethyl adjacent to an activating group) is 1. The Hall–Kier alpha value is -1.25. The number of fused-ring (bicyclic) bond motifs is 1. The first-order chi connectivity index (χ1) is 11.3. The number of nitrogens with one attached hydrogen (secondary N) is 3. The van der Waals surface area contributed by atoms with Gasteiger partial charge in [-0.15, -0.1) is 0 Å². The Morgan fingerprint density at radius 1 is 1.38 bits per heavy atom. The van der Waals surface area contributed by atoms with E-state index in [9.17, 15) is 9.59 Å². The average molecular weight is 461 g/mol. The van der Waals surface area contributed by atoms with Crippen LogP contribution in [0.3, 0.4) is 0 Å². The standard InChI is InChI=1S/C16H20Br2N4O2/c1-4-22(8-14(23)19-9(2)3)7-13-20-15-11(16(24)21-13)5-10(17)6-12(15)18/h5-6,9H,4,7-8H2,1-3H3,(H,19,23)(H,20,21,24)/p+1. The van der Waals surface area contributed by atoms with Gasteiger partial charge in [-0.25, -0.2) is 4.98 Å². The highest BCUT2D eigenvalue weighted by molar-refractivity contribution is 9.11. The van der Waals surface area contributed by atoms with E-state index in [1.54, 1.807) is 6.07 Å². The van der Waals surface area contributed by atoms with E-state index in [1.165, 1.54) is 0 Å². The normalized spacial score (nSPS) is 12.6. The van der Waals surface area contributed by atoms with E-state index in [2.05, 4.69) is 47.1 Å².